The maximum atomic E-state index is 2.37. The van der Waals surface area contributed by atoms with Gasteiger partial charge in [0.25, 0.3) is 0 Å². The van der Waals surface area contributed by atoms with Gasteiger partial charge in [-0.25, -0.2) is 4.57 Å². The van der Waals surface area contributed by atoms with Gasteiger partial charge in [-0.2, -0.15) is 0 Å². The summed E-state index contributed by atoms with van der Waals surface area (Å²) in [4.78, 5) is 0. The molecule has 0 aliphatic heterocycles. The number of rotatable bonds is 1. The highest BCUT2D eigenvalue weighted by atomic mass is 14.9. The van der Waals surface area contributed by atoms with E-state index in [0.29, 0.717) is 0 Å². The van der Waals surface area contributed by atoms with Crippen LogP contribution >= 0.6 is 0 Å². The number of fused-ring (bicyclic) bond motifs is 7. The van der Waals surface area contributed by atoms with E-state index in [0.717, 1.165) is 12.8 Å². The summed E-state index contributed by atoms with van der Waals surface area (Å²) < 4.78 is 2.32. The van der Waals surface area contributed by atoms with Crippen LogP contribution in [0.25, 0.3) is 33.5 Å². The van der Waals surface area contributed by atoms with Crippen molar-refractivity contribution in [2.45, 2.75) is 40.5 Å². The standard InChI is InChI=1S/C30H28N/c1-17-6-7-22-21(13-17)15-27-23(22)8-9-24-25-10-11-31(5)30(29(25)16-28(24)27)26-14-18(2)12-19(3)20(26)4/h6-14H,15-16H2,1-5H3/q+1. The van der Waals surface area contributed by atoms with Gasteiger partial charge in [-0.05, 0) is 90.3 Å². The number of hydrogen-bond acceptors (Lipinski definition) is 0. The van der Waals surface area contributed by atoms with Crippen molar-refractivity contribution in [1.82, 2.24) is 0 Å². The molecule has 4 aromatic rings. The van der Waals surface area contributed by atoms with Crippen LogP contribution in [0.3, 0.4) is 0 Å². The predicted octanol–water partition coefficient (Wildman–Crippen LogP) is 6.55. The minimum absolute atomic E-state index is 1.03. The molecule has 1 heteroatoms. The van der Waals surface area contributed by atoms with Crippen LogP contribution in [0.4, 0.5) is 0 Å². The molecule has 1 aromatic heterocycles. The SMILES string of the molecule is Cc1ccc2c(c1)Cc1c-2ccc2c1Cc1c-2cc[n+](C)c1-c1cc(C)cc(C)c1C. The third kappa shape index (κ3) is 2.59. The van der Waals surface area contributed by atoms with E-state index >= 15 is 0 Å². The molecular weight excluding hydrogens is 374 g/mol. The van der Waals surface area contributed by atoms with Crippen molar-refractivity contribution < 1.29 is 4.57 Å². The van der Waals surface area contributed by atoms with Crippen LogP contribution in [0, 0.1) is 27.7 Å². The van der Waals surface area contributed by atoms with Gasteiger partial charge in [0.15, 0.2) is 6.20 Å². The molecule has 2 aliphatic rings. The van der Waals surface area contributed by atoms with Crippen LogP contribution in [0.2, 0.25) is 0 Å². The van der Waals surface area contributed by atoms with Crippen LogP contribution in [0.1, 0.15) is 44.5 Å². The van der Waals surface area contributed by atoms with E-state index in [4.69, 9.17) is 0 Å². The smallest absolute Gasteiger partial charge is 0.201 e. The molecule has 152 valence electrons. The minimum Gasteiger partial charge on any atom is -0.201 e. The summed E-state index contributed by atoms with van der Waals surface area (Å²) in [5.41, 5.74) is 19.9. The molecule has 1 nitrogen and oxygen atoms in total. The number of aromatic nitrogens is 1. The normalized spacial score (nSPS) is 13.1. The highest BCUT2D eigenvalue weighted by molar-refractivity contribution is 5.89. The lowest BCUT2D eigenvalue weighted by molar-refractivity contribution is -0.660. The van der Waals surface area contributed by atoms with Crippen LogP contribution in [-0.4, -0.2) is 0 Å². The Morgan fingerprint density at radius 1 is 0.613 bits per heavy atom. The molecule has 0 atom stereocenters. The molecule has 0 saturated heterocycles. The van der Waals surface area contributed by atoms with Gasteiger partial charge in [0, 0.05) is 23.6 Å². The van der Waals surface area contributed by atoms with Gasteiger partial charge in [0.1, 0.15) is 7.05 Å². The van der Waals surface area contributed by atoms with Crippen molar-refractivity contribution in [2.24, 2.45) is 7.05 Å². The number of hydrogen-bond donors (Lipinski definition) is 0. The second-order valence-electron chi connectivity index (χ2n) is 9.55. The molecule has 0 spiro atoms. The minimum atomic E-state index is 1.03. The molecule has 0 fully saturated rings. The Balaban J connectivity index is 1.56. The summed E-state index contributed by atoms with van der Waals surface area (Å²) in [6.07, 6.45) is 4.33. The Kier molecular flexibility index (Phi) is 3.84. The van der Waals surface area contributed by atoms with Gasteiger partial charge < -0.3 is 0 Å². The summed E-state index contributed by atoms with van der Waals surface area (Å²) in [6, 6.07) is 18.6. The summed E-state index contributed by atoms with van der Waals surface area (Å²) in [5, 5.41) is 0. The van der Waals surface area contributed by atoms with Gasteiger partial charge in [0.05, 0.1) is 0 Å². The Bertz CT molecular complexity index is 1420. The number of benzene rings is 3. The summed E-state index contributed by atoms with van der Waals surface area (Å²) >= 11 is 0. The molecule has 0 amide bonds. The summed E-state index contributed by atoms with van der Waals surface area (Å²) in [7, 11) is 2.19. The quantitative estimate of drug-likeness (QED) is 0.274. The number of pyridine rings is 1. The average Bonchev–Trinajstić information content (AvgIpc) is 3.28. The van der Waals surface area contributed by atoms with Gasteiger partial charge >= 0.3 is 0 Å². The van der Waals surface area contributed by atoms with Gasteiger partial charge in [-0.15, -0.1) is 0 Å². The van der Waals surface area contributed by atoms with Crippen LogP contribution < -0.4 is 4.57 Å². The second kappa shape index (κ2) is 6.40. The molecule has 31 heavy (non-hydrogen) atoms. The van der Waals surface area contributed by atoms with Gasteiger partial charge in [-0.1, -0.05) is 47.5 Å². The molecule has 6 rings (SSSR count). The van der Waals surface area contributed by atoms with Crippen molar-refractivity contribution >= 4 is 0 Å². The zero-order chi connectivity index (χ0) is 21.4. The van der Waals surface area contributed by atoms with E-state index in [2.05, 4.69) is 94.0 Å². The van der Waals surface area contributed by atoms with E-state index in [1.54, 1.807) is 5.56 Å². The summed E-state index contributed by atoms with van der Waals surface area (Å²) in [5.74, 6) is 0. The maximum absolute atomic E-state index is 2.37. The fourth-order valence-corrected chi connectivity index (χ4v) is 5.87. The molecule has 2 aliphatic carbocycles. The first-order valence-electron chi connectivity index (χ1n) is 11.3. The van der Waals surface area contributed by atoms with Gasteiger partial charge in [0.2, 0.25) is 5.69 Å². The first kappa shape index (κ1) is 18.6. The van der Waals surface area contributed by atoms with Crippen LogP contribution in [-0.2, 0) is 19.9 Å². The fourth-order valence-electron chi connectivity index (χ4n) is 5.87. The lowest BCUT2D eigenvalue weighted by Gasteiger charge is -2.12. The Labute approximate surface area is 185 Å². The van der Waals surface area contributed by atoms with E-state index in [1.165, 1.54) is 72.5 Å². The highest BCUT2D eigenvalue weighted by Crippen LogP contribution is 2.48. The first-order chi connectivity index (χ1) is 14.9. The predicted molar refractivity (Wildman–Crippen MR) is 128 cm³/mol. The summed E-state index contributed by atoms with van der Waals surface area (Å²) in [6.45, 7) is 8.90. The van der Waals surface area contributed by atoms with Crippen LogP contribution in [0.15, 0.2) is 54.7 Å². The largest absolute Gasteiger partial charge is 0.216 e. The molecule has 1 heterocycles. The second-order valence-corrected chi connectivity index (χ2v) is 9.55. The van der Waals surface area contributed by atoms with E-state index in [1.807, 2.05) is 0 Å². The van der Waals surface area contributed by atoms with Crippen molar-refractivity contribution in [3.8, 4) is 33.5 Å². The van der Waals surface area contributed by atoms with E-state index in [9.17, 15) is 0 Å². The van der Waals surface area contributed by atoms with E-state index in [-0.39, 0.29) is 0 Å². The van der Waals surface area contributed by atoms with Crippen LogP contribution in [0.5, 0.6) is 0 Å². The highest BCUT2D eigenvalue weighted by Gasteiger charge is 2.33. The number of nitrogens with zero attached hydrogens (tertiary/aromatic N) is 1. The maximum Gasteiger partial charge on any atom is 0.216 e. The molecule has 3 aromatic carbocycles. The molecule has 0 saturated carbocycles. The van der Waals surface area contributed by atoms with Crippen molar-refractivity contribution in [1.29, 1.82) is 0 Å². The molecule has 0 unspecified atom stereocenters. The molecular formula is C30H28N+. The lowest BCUT2D eigenvalue weighted by atomic mass is 9.93. The zero-order valence-corrected chi connectivity index (χ0v) is 19.1. The topological polar surface area (TPSA) is 3.88 Å². The monoisotopic (exact) mass is 402 g/mol. The Morgan fingerprint density at radius 2 is 1.29 bits per heavy atom. The Morgan fingerprint density at radius 3 is 2.10 bits per heavy atom. The van der Waals surface area contributed by atoms with E-state index < -0.39 is 0 Å². The van der Waals surface area contributed by atoms with Crippen molar-refractivity contribution in [3.63, 3.8) is 0 Å². The molecule has 0 N–H and O–H groups in total. The number of aryl methyl sites for hydroxylation is 4. The molecule has 0 radical (unpaired) electrons. The molecule has 0 bridgehead atoms. The first-order valence-corrected chi connectivity index (χ1v) is 11.3. The average molecular weight is 403 g/mol. The third-order valence-corrected chi connectivity index (χ3v) is 7.49. The fraction of sp³-hybridized carbons (Fsp3) is 0.233. The van der Waals surface area contributed by atoms with Crippen molar-refractivity contribution in [3.05, 3.63) is 99.2 Å². The van der Waals surface area contributed by atoms with Crippen molar-refractivity contribution in [2.75, 3.05) is 0 Å². The Hall–Kier alpha value is -3.19. The zero-order valence-electron chi connectivity index (χ0n) is 19.1. The third-order valence-electron chi connectivity index (χ3n) is 7.49. The lowest BCUT2D eigenvalue weighted by Crippen LogP contribution is -2.32. The van der Waals surface area contributed by atoms with Gasteiger partial charge in [-0.3, -0.25) is 0 Å².